The van der Waals surface area contributed by atoms with Crippen molar-refractivity contribution in [3.63, 3.8) is 0 Å². The number of para-hydroxylation sites is 1. The minimum absolute atomic E-state index is 0.150. The van der Waals surface area contributed by atoms with Crippen molar-refractivity contribution < 1.29 is 9.18 Å². The van der Waals surface area contributed by atoms with Crippen molar-refractivity contribution in [3.8, 4) is 0 Å². The lowest BCUT2D eigenvalue weighted by molar-refractivity contribution is -0.116. The third-order valence-electron chi connectivity index (χ3n) is 3.30. The zero-order chi connectivity index (χ0) is 14.3. The second-order valence-corrected chi connectivity index (χ2v) is 5.59. The van der Waals surface area contributed by atoms with E-state index in [1.165, 1.54) is 11.0 Å². The monoisotopic (exact) mass is 334 g/mol. The van der Waals surface area contributed by atoms with Gasteiger partial charge in [0.05, 0.1) is 23.6 Å². The van der Waals surface area contributed by atoms with Crippen molar-refractivity contribution in [1.29, 1.82) is 0 Å². The number of carbonyl (C=O) groups is 1. The Morgan fingerprint density at radius 2 is 1.85 bits per heavy atom. The molecule has 1 aliphatic heterocycles. The fourth-order valence-corrected chi connectivity index (χ4v) is 2.74. The first-order valence-corrected chi connectivity index (χ1v) is 6.95. The molecule has 0 unspecified atom stereocenters. The number of fused-ring (bicyclic) bond motifs is 1. The summed E-state index contributed by atoms with van der Waals surface area (Å²) in [5, 5.41) is 0. The maximum absolute atomic E-state index is 14.0. The molecule has 2 aromatic rings. The maximum Gasteiger partial charge on any atom is 0.251 e. The first-order chi connectivity index (χ1) is 9.58. The van der Waals surface area contributed by atoms with Gasteiger partial charge in [-0.15, -0.1) is 0 Å². The lowest BCUT2D eigenvalue weighted by atomic mass is 10.1. The Balaban J connectivity index is 2.21. The average molecular weight is 335 g/mol. The van der Waals surface area contributed by atoms with Crippen LogP contribution in [0, 0.1) is 5.82 Å². The van der Waals surface area contributed by atoms with Crippen molar-refractivity contribution in [3.05, 3.63) is 52.8 Å². The molecule has 2 aromatic carbocycles. The van der Waals surface area contributed by atoms with Crippen LogP contribution in [0.4, 0.5) is 21.5 Å². The van der Waals surface area contributed by atoms with Gasteiger partial charge in [0.1, 0.15) is 5.82 Å². The SMILES string of the molecule is CN1CC(=O)N(c2ccccc2F)c2cc(Br)ccc21. The molecule has 102 valence electrons. The fourth-order valence-electron chi connectivity index (χ4n) is 2.39. The Hall–Kier alpha value is -1.88. The van der Waals surface area contributed by atoms with E-state index in [1.807, 2.05) is 30.1 Å². The molecule has 0 saturated carbocycles. The van der Waals surface area contributed by atoms with E-state index in [0.29, 0.717) is 5.69 Å². The van der Waals surface area contributed by atoms with E-state index in [2.05, 4.69) is 15.9 Å². The number of hydrogen-bond donors (Lipinski definition) is 0. The number of rotatable bonds is 1. The smallest absolute Gasteiger partial charge is 0.251 e. The highest BCUT2D eigenvalue weighted by Gasteiger charge is 2.30. The van der Waals surface area contributed by atoms with Crippen molar-refractivity contribution >= 4 is 38.9 Å². The van der Waals surface area contributed by atoms with Crippen molar-refractivity contribution in [1.82, 2.24) is 0 Å². The zero-order valence-electron chi connectivity index (χ0n) is 10.8. The lowest BCUT2D eigenvalue weighted by Gasteiger charge is -2.35. The molecular weight excluding hydrogens is 323 g/mol. The molecular formula is C15H12BrFN2O. The molecule has 1 heterocycles. The summed E-state index contributed by atoms with van der Waals surface area (Å²) in [6.45, 7) is 0.225. The summed E-state index contributed by atoms with van der Waals surface area (Å²) in [5.74, 6) is -0.556. The van der Waals surface area contributed by atoms with Gasteiger partial charge in [0.25, 0.3) is 5.91 Å². The highest BCUT2D eigenvalue weighted by molar-refractivity contribution is 9.10. The second kappa shape index (κ2) is 4.90. The molecule has 0 aromatic heterocycles. The first kappa shape index (κ1) is 13.1. The number of amides is 1. The van der Waals surface area contributed by atoms with Crippen LogP contribution in [0.2, 0.25) is 0 Å². The van der Waals surface area contributed by atoms with E-state index in [-0.39, 0.29) is 18.1 Å². The van der Waals surface area contributed by atoms with Crippen LogP contribution in [-0.4, -0.2) is 19.5 Å². The summed E-state index contributed by atoms with van der Waals surface area (Å²) >= 11 is 3.40. The standard InChI is InChI=1S/C15H12BrFN2O/c1-18-9-15(20)19(12-5-3-2-4-11(12)17)14-8-10(16)6-7-13(14)18/h2-8H,9H2,1H3. The minimum atomic E-state index is -0.406. The summed E-state index contributed by atoms with van der Waals surface area (Å²) < 4.78 is 14.9. The molecule has 0 saturated heterocycles. The van der Waals surface area contributed by atoms with E-state index < -0.39 is 5.82 Å². The normalized spacial score (nSPS) is 14.4. The van der Waals surface area contributed by atoms with Gasteiger partial charge in [-0.25, -0.2) is 4.39 Å². The molecule has 0 radical (unpaired) electrons. The van der Waals surface area contributed by atoms with E-state index in [1.54, 1.807) is 18.2 Å². The third kappa shape index (κ3) is 2.08. The zero-order valence-corrected chi connectivity index (χ0v) is 12.4. The highest BCUT2D eigenvalue weighted by Crippen LogP contribution is 2.40. The van der Waals surface area contributed by atoms with Gasteiger partial charge in [0, 0.05) is 11.5 Å². The number of halogens is 2. The van der Waals surface area contributed by atoms with Gasteiger partial charge in [0.2, 0.25) is 0 Å². The van der Waals surface area contributed by atoms with Crippen LogP contribution in [0.15, 0.2) is 46.9 Å². The highest BCUT2D eigenvalue weighted by atomic mass is 79.9. The predicted octanol–water partition coefficient (Wildman–Crippen LogP) is 3.70. The minimum Gasteiger partial charge on any atom is -0.364 e. The molecule has 0 fully saturated rings. The molecule has 0 atom stereocenters. The van der Waals surface area contributed by atoms with Crippen LogP contribution >= 0.6 is 15.9 Å². The van der Waals surface area contributed by atoms with Crippen LogP contribution in [0.1, 0.15) is 0 Å². The molecule has 20 heavy (non-hydrogen) atoms. The fraction of sp³-hybridized carbons (Fsp3) is 0.133. The van der Waals surface area contributed by atoms with E-state index in [9.17, 15) is 9.18 Å². The van der Waals surface area contributed by atoms with E-state index >= 15 is 0 Å². The summed E-state index contributed by atoms with van der Waals surface area (Å²) in [6, 6.07) is 12.0. The van der Waals surface area contributed by atoms with Crippen LogP contribution < -0.4 is 9.80 Å². The quantitative estimate of drug-likeness (QED) is 0.793. The Morgan fingerprint density at radius 1 is 1.10 bits per heavy atom. The number of nitrogens with zero attached hydrogens (tertiary/aromatic N) is 2. The Morgan fingerprint density at radius 3 is 2.60 bits per heavy atom. The van der Waals surface area contributed by atoms with E-state index in [4.69, 9.17) is 0 Å². The van der Waals surface area contributed by atoms with Gasteiger partial charge in [-0.2, -0.15) is 0 Å². The van der Waals surface area contributed by atoms with Crippen LogP contribution in [-0.2, 0) is 4.79 Å². The van der Waals surface area contributed by atoms with Gasteiger partial charge >= 0.3 is 0 Å². The average Bonchev–Trinajstić information content (AvgIpc) is 2.40. The van der Waals surface area contributed by atoms with Crippen molar-refractivity contribution in [2.24, 2.45) is 0 Å². The first-order valence-electron chi connectivity index (χ1n) is 6.16. The molecule has 1 amide bonds. The molecule has 3 nitrogen and oxygen atoms in total. The maximum atomic E-state index is 14.0. The number of likely N-dealkylation sites (N-methyl/N-ethyl adjacent to an activating group) is 1. The number of hydrogen-bond acceptors (Lipinski definition) is 2. The number of anilines is 3. The van der Waals surface area contributed by atoms with Crippen LogP contribution in [0.5, 0.6) is 0 Å². The molecule has 0 bridgehead atoms. The molecule has 0 aliphatic carbocycles. The van der Waals surface area contributed by atoms with Crippen molar-refractivity contribution in [2.45, 2.75) is 0 Å². The van der Waals surface area contributed by atoms with Gasteiger partial charge in [-0.1, -0.05) is 28.1 Å². The summed E-state index contributed by atoms with van der Waals surface area (Å²) in [4.78, 5) is 15.6. The largest absolute Gasteiger partial charge is 0.364 e. The molecule has 0 N–H and O–H groups in total. The Kier molecular flexibility index (Phi) is 3.22. The van der Waals surface area contributed by atoms with Crippen molar-refractivity contribution in [2.75, 3.05) is 23.4 Å². The number of benzene rings is 2. The summed E-state index contributed by atoms with van der Waals surface area (Å²) in [6.07, 6.45) is 0. The third-order valence-corrected chi connectivity index (χ3v) is 3.80. The van der Waals surface area contributed by atoms with Crippen LogP contribution in [0.3, 0.4) is 0 Å². The lowest BCUT2D eigenvalue weighted by Crippen LogP contribution is -2.42. The van der Waals surface area contributed by atoms with Gasteiger partial charge in [-0.05, 0) is 30.3 Å². The topological polar surface area (TPSA) is 23.6 Å². The second-order valence-electron chi connectivity index (χ2n) is 4.67. The Labute approximate surface area is 124 Å². The van der Waals surface area contributed by atoms with Gasteiger partial charge in [-0.3, -0.25) is 9.69 Å². The molecule has 5 heteroatoms. The summed E-state index contributed by atoms with van der Waals surface area (Å²) in [7, 11) is 1.85. The number of carbonyl (C=O) groups excluding carboxylic acids is 1. The molecule has 0 spiro atoms. The summed E-state index contributed by atoms with van der Waals surface area (Å²) in [5.41, 5.74) is 1.87. The van der Waals surface area contributed by atoms with Gasteiger partial charge < -0.3 is 4.90 Å². The Bertz CT molecular complexity index is 689. The predicted molar refractivity (Wildman–Crippen MR) is 81.0 cm³/mol. The molecule has 3 rings (SSSR count). The van der Waals surface area contributed by atoms with Crippen LogP contribution in [0.25, 0.3) is 0 Å². The van der Waals surface area contributed by atoms with Gasteiger partial charge in [0.15, 0.2) is 0 Å². The van der Waals surface area contributed by atoms with E-state index in [0.717, 1.165) is 10.2 Å². The molecule has 1 aliphatic rings.